The second kappa shape index (κ2) is 13.7. The van der Waals surface area contributed by atoms with Crippen LogP contribution in [-0.2, 0) is 9.59 Å². The Bertz CT molecular complexity index is 889. The minimum atomic E-state index is -2.27. The maximum atomic E-state index is 10.4. The maximum absolute atomic E-state index is 10.4. The average Bonchev–Trinajstić information content (AvgIpc) is 2.78. The Hall–Kier alpha value is -2.94. The molecule has 0 aliphatic heterocycles. The molecule has 0 aromatic heterocycles. The third-order valence-electron chi connectivity index (χ3n) is 5.57. The third kappa shape index (κ3) is 8.78. The molecule has 0 bridgehead atoms. The van der Waals surface area contributed by atoms with E-state index in [9.17, 15) is 14.7 Å². The number of carboxylic acid groups (broad SMARTS) is 2. The molecule has 0 heterocycles. The van der Waals surface area contributed by atoms with Crippen LogP contribution in [0.25, 0.3) is 0 Å². The first-order valence-electron chi connectivity index (χ1n) is 11.3. The topological polar surface area (TPSA) is 139 Å². The number of carbonyl (C=O) groups is 2. The fourth-order valence-corrected chi connectivity index (χ4v) is 3.80. The standard InChI is InChI=1S/C22H31NO.C4H6O6/c1-16(2)23(17(3)4)14-13-20(19-9-7-6-8-10-19)21-15-18(5)11-12-22(21)24;5-1(3(7)8)2(6)4(9)10/h6-12,15-17,20,24H,13-14H2,1-5H3;1-2,5-6H,(H,7,8)(H,9,10)/t;1-,2-/m.1/s1. The number of aliphatic carboxylic acids is 2. The van der Waals surface area contributed by atoms with Gasteiger partial charge in [0.25, 0.3) is 0 Å². The van der Waals surface area contributed by atoms with Gasteiger partial charge in [0.15, 0.2) is 12.2 Å². The summed E-state index contributed by atoms with van der Waals surface area (Å²) in [4.78, 5) is 22.1. The van der Waals surface area contributed by atoms with Gasteiger partial charge in [-0.05, 0) is 59.2 Å². The van der Waals surface area contributed by atoms with Gasteiger partial charge in [0.05, 0.1) is 0 Å². The number of benzene rings is 2. The summed E-state index contributed by atoms with van der Waals surface area (Å²) in [5.74, 6) is -2.93. The highest BCUT2D eigenvalue weighted by molar-refractivity contribution is 5.83. The third-order valence-corrected chi connectivity index (χ3v) is 5.57. The van der Waals surface area contributed by atoms with Gasteiger partial charge < -0.3 is 25.5 Å². The first kappa shape index (κ1) is 29.1. The molecule has 0 amide bonds. The molecule has 0 fully saturated rings. The van der Waals surface area contributed by atoms with E-state index in [0.717, 1.165) is 18.5 Å². The molecule has 0 radical (unpaired) electrons. The second-order valence-corrected chi connectivity index (χ2v) is 8.81. The molecule has 1 unspecified atom stereocenters. The van der Waals surface area contributed by atoms with Crippen LogP contribution in [0.3, 0.4) is 0 Å². The van der Waals surface area contributed by atoms with Crippen molar-refractivity contribution in [2.75, 3.05) is 6.54 Å². The first-order valence-corrected chi connectivity index (χ1v) is 11.3. The summed E-state index contributed by atoms with van der Waals surface area (Å²) in [7, 11) is 0. The lowest BCUT2D eigenvalue weighted by Gasteiger charge is -2.32. The van der Waals surface area contributed by atoms with Crippen molar-refractivity contribution in [1.82, 2.24) is 4.90 Å². The highest BCUT2D eigenvalue weighted by atomic mass is 16.4. The van der Waals surface area contributed by atoms with Gasteiger partial charge in [-0.15, -0.1) is 0 Å². The maximum Gasteiger partial charge on any atom is 0.335 e. The van der Waals surface area contributed by atoms with Crippen molar-refractivity contribution in [3.8, 4) is 5.75 Å². The highest BCUT2D eigenvalue weighted by Gasteiger charge is 2.29. The Morgan fingerprint density at radius 2 is 1.35 bits per heavy atom. The van der Waals surface area contributed by atoms with Crippen molar-refractivity contribution in [1.29, 1.82) is 0 Å². The predicted octanol–water partition coefficient (Wildman–Crippen LogP) is 3.22. The number of aryl methyl sites for hydroxylation is 1. The minimum absolute atomic E-state index is 0.214. The Morgan fingerprint density at radius 3 is 1.79 bits per heavy atom. The molecule has 2 aromatic carbocycles. The largest absolute Gasteiger partial charge is 0.508 e. The molecule has 3 atom stereocenters. The highest BCUT2D eigenvalue weighted by Crippen LogP contribution is 2.35. The average molecular weight is 476 g/mol. The molecule has 5 N–H and O–H groups in total. The Kier molecular flexibility index (Phi) is 11.7. The number of aliphatic hydroxyl groups is 2. The molecule has 8 nitrogen and oxygen atoms in total. The molecule has 34 heavy (non-hydrogen) atoms. The van der Waals surface area contributed by atoms with Crippen LogP contribution in [0.15, 0.2) is 48.5 Å². The van der Waals surface area contributed by atoms with Gasteiger partial charge in [0.1, 0.15) is 5.75 Å². The zero-order chi connectivity index (χ0) is 26.0. The van der Waals surface area contributed by atoms with Crippen LogP contribution in [0.2, 0.25) is 0 Å². The summed E-state index contributed by atoms with van der Waals surface area (Å²) < 4.78 is 0. The Labute approximate surface area is 201 Å². The van der Waals surface area contributed by atoms with Crippen molar-refractivity contribution in [3.63, 3.8) is 0 Å². The van der Waals surface area contributed by atoms with Crippen molar-refractivity contribution in [2.45, 2.75) is 71.2 Å². The number of hydrogen-bond acceptors (Lipinski definition) is 6. The van der Waals surface area contributed by atoms with E-state index in [0.29, 0.717) is 17.8 Å². The molecule has 188 valence electrons. The van der Waals surface area contributed by atoms with Gasteiger partial charge in [-0.25, -0.2) is 9.59 Å². The molecule has 0 aliphatic carbocycles. The van der Waals surface area contributed by atoms with Gasteiger partial charge in [0.2, 0.25) is 0 Å². The quantitative estimate of drug-likeness (QED) is 0.353. The van der Waals surface area contributed by atoms with Gasteiger partial charge in [-0.2, -0.15) is 0 Å². The van der Waals surface area contributed by atoms with E-state index in [1.54, 1.807) is 0 Å². The zero-order valence-electron chi connectivity index (χ0n) is 20.4. The lowest BCUT2D eigenvalue weighted by Crippen LogP contribution is -2.39. The number of carboxylic acids is 2. The SMILES string of the molecule is Cc1ccc(O)c(C(CCN(C(C)C)C(C)C)c2ccccc2)c1.O=C(O)[C@H](O)[C@@H](O)C(=O)O. The van der Waals surface area contributed by atoms with E-state index >= 15 is 0 Å². The number of phenols is 1. The van der Waals surface area contributed by atoms with Gasteiger partial charge >= 0.3 is 11.9 Å². The van der Waals surface area contributed by atoms with Crippen LogP contribution in [0.5, 0.6) is 5.75 Å². The van der Waals surface area contributed by atoms with E-state index in [1.165, 1.54) is 11.1 Å². The molecular weight excluding hydrogens is 438 g/mol. The van der Waals surface area contributed by atoms with E-state index in [-0.39, 0.29) is 5.92 Å². The van der Waals surface area contributed by atoms with Crippen molar-refractivity contribution in [3.05, 3.63) is 65.2 Å². The number of aliphatic hydroxyl groups excluding tert-OH is 2. The molecule has 0 spiro atoms. The Morgan fingerprint density at radius 1 is 0.853 bits per heavy atom. The predicted molar refractivity (Wildman–Crippen MR) is 130 cm³/mol. The van der Waals surface area contributed by atoms with E-state index in [4.69, 9.17) is 20.4 Å². The van der Waals surface area contributed by atoms with Crippen LogP contribution < -0.4 is 0 Å². The van der Waals surface area contributed by atoms with Crippen LogP contribution in [0, 0.1) is 6.92 Å². The monoisotopic (exact) mass is 475 g/mol. The summed E-state index contributed by atoms with van der Waals surface area (Å²) in [6.07, 6.45) is -3.54. The van der Waals surface area contributed by atoms with Crippen LogP contribution in [0.4, 0.5) is 0 Å². The van der Waals surface area contributed by atoms with Crippen molar-refractivity contribution in [2.24, 2.45) is 0 Å². The van der Waals surface area contributed by atoms with E-state index < -0.39 is 24.1 Å². The smallest absolute Gasteiger partial charge is 0.335 e. The molecule has 8 heteroatoms. The number of nitrogens with zero attached hydrogens (tertiary/aromatic N) is 1. The second-order valence-electron chi connectivity index (χ2n) is 8.81. The van der Waals surface area contributed by atoms with Gasteiger partial charge in [-0.1, -0.05) is 48.0 Å². The van der Waals surface area contributed by atoms with Crippen molar-refractivity contribution >= 4 is 11.9 Å². The van der Waals surface area contributed by atoms with Crippen molar-refractivity contribution < 1.29 is 35.1 Å². The van der Waals surface area contributed by atoms with Crippen LogP contribution in [0.1, 0.15) is 56.7 Å². The number of rotatable bonds is 10. The zero-order valence-corrected chi connectivity index (χ0v) is 20.4. The van der Waals surface area contributed by atoms with E-state index in [1.807, 2.05) is 18.2 Å². The van der Waals surface area contributed by atoms with Crippen LogP contribution >= 0.6 is 0 Å². The fourth-order valence-electron chi connectivity index (χ4n) is 3.80. The fraction of sp³-hybridized carbons (Fsp3) is 0.462. The molecule has 0 saturated carbocycles. The number of aromatic hydroxyl groups is 1. The molecular formula is C26H37NO7. The summed E-state index contributed by atoms with van der Waals surface area (Å²) >= 11 is 0. The minimum Gasteiger partial charge on any atom is -0.508 e. The lowest BCUT2D eigenvalue weighted by molar-refractivity contribution is -0.165. The number of hydrogen-bond donors (Lipinski definition) is 5. The molecule has 0 saturated heterocycles. The summed E-state index contributed by atoms with van der Waals surface area (Å²) in [6, 6.07) is 17.5. The molecule has 0 aliphatic rings. The summed E-state index contributed by atoms with van der Waals surface area (Å²) in [5, 5.41) is 43.0. The Balaban J connectivity index is 0.000000489. The first-order chi connectivity index (χ1) is 15.9. The molecule has 2 aromatic rings. The lowest BCUT2D eigenvalue weighted by atomic mass is 9.87. The summed E-state index contributed by atoms with van der Waals surface area (Å²) in [5.41, 5.74) is 3.49. The summed E-state index contributed by atoms with van der Waals surface area (Å²) in [6.45, 7) is 12.1. The number of phenolic OH excluding ortho intramolecular Hbond substituents is 1. The van der Waals surface area contributed by atoms with Crippen LogP contribution in [-0.4, -0.2) is 73.2 Å². The normalized spacial score (nSPS) is 13.8. The van der Waals surface area contributed by atoms with E-state index in [2.05, 4.69) is 69.9 Å². The van der Waals surface area contributed by atoms with Gasteiger partial charge in [0, 0.05) is 23.6 Å². The van der Waals surface area contributed by atoms with Gasteiger partial charge in [-0.3, -0.25) is 4.90 Å². The molecule has 2 rings (SSSR count).